The minimum Gasteiger partial charge on any atom is -0.391 e. The van der Waals surface area contributed by atoms with Gasteiger partial charge in [-0.05, 0) is 31.2 Å². The van der Waals surface area contributed by atoms with E-state index < -0.39 is 0 Å². The molecule has 138 valence electrons. The van der Waals surface area contributed by atoms with Gasteiger partial charge in [0.05, 0.1) is 12.7 Å². The van der Waals surface area contributed by atoms with Crippen molar-refractivity contribution in [2.45, 2.75) is 50.9 Å². The summed E-state index contributed by atoms with van der Waals surface area (Å²) >= 11 is 0. The fraction of sp³-hybridized carbons (Fsp3) is 0.650. The summed E-state index contributed by atoms with van der Waals surface area (Å²) in [6.07, 6.45) is 4.28. The molecule has 1 heterocycles. The van der Waals surface area contributed by atoms with Crippen LogP contribution in [-0.4, -0.2) is 65.7 Å². The Morgan fingerprint density at radius 1 is 1.12 bits per heavy atom. The van der Waals surface area contributed by atoms with Gasteiger partial charge in [0.1, 0.15) is 0 Å². The lowest BCUT2D eigenvalue weighted by Crippen LogP contribution is -2.53. The highest BCUT2D eigenvalue weighted by Crippen LogP contribution is 2.25. The molecular formula is C20H30N2O3. The maximum atomic E-state index is 12.3. The molecule has 1 aromatic rings. The third-order valence-electron chi connectivity index (χ3n) is 5.37. The van der Waals surface area contributed by atoms with Crippen molar-refractivity contribution in [3.63, 3.8) is 0 Å². The minimum absolute atomic E-state index is 0.177. The molecule has 0 radical (unpaired) electrons. The highest BCUT2D eigenvalue weighted by molar-refractivity contribution is 5.76. The molecule has 1 aliphatic heterocycles. The Labute approximate surface area is 150 Å². The Bertz CT molecular complexity index is 529. The number of benzene rings is 1. The maximum absolute atomic E-state index is 12.3. The molecule has 0 unspecified atom stereocenters. The normalized spacial score (nSPS) is 24.6. The number of aliphatic hydroxyl groups is 1. The fourth-order valence-corrected chi connectivity index (χ4v) is 3.90. The molecule has 1 saturated carbocycles. The van der Waals surface area contributed by atoms with Crippen molar-refractivity contribution in [1.29, 1.82) is 0 Å². The fourth-order valence-electron chi connectivity index (χ4n) is 3.90. The van der Waals surface area contributed by atoms with Crippen molar-refractivity contribution in [1.82, 2.24) is 9.80 Å². The van der Waals surface area contributed by atoms with Gasteiger partial charge in [0.2, 0.25) is 5.91 Å². The van der Waals surface area contributed by atoms with Crippen molar-refractivity contribution in [3.05, 3.63) is 35.9 Å². The molecule has 1 N–H and O–H groups in total. The van der Waals surface area contributed by atoms with Crippen molar-refractivity contribution < 1.29 is 14.6 Å². The molecule has 2 atom stereocenters. The summed E-state index contributed by atoms with van der Waals surface area (Å²) in [5.41, 5.74) is 1.17. The number of rotatable bonds is 7. The van der Waals surface area contributed by atoms with E-state index in [1.54, 1.807) is 0 Å². The number of hydrogen-bond donors (Lipinski definition) is 1. The van der Waals surface area contributed by atoms with Gasteiger partial charge in [-0.15, -0.1) is 0 Å². The van der Waals surface area contributed by atoms with E-state index in [0.717, 1.165) is 51.9 Å². The van der Waals surface area contributed by atoms with Gasteiger partial charge in [0.25, 0.3) is 0 Å². The topological polar surface area (TPSA) is 53.0 Å². The van der Waals surface area contributed by atoms with Crippen LogP contribution in [-0.2, 0) is 16.1 Å². The van der Waals surface area contributed by atoms with Crippen molar-refractivity contribution in [3.8, 4) is 0 Å². The van der Waals surface area contributed by atoms with Gasteiger partial charge in [0, 0.05) is 45.2 Å². The first-order valence-corrected chi connectivity index (χ1v) is 9.55. The van der Waals surface area contributed by atoms with E-state index in [1.807, 2.05) is 35.2 Å². The van der Waals surface area contributed by atoms with Gasteiger partial charge >= 0.3 is 0 Å². The lowest BCUT2D eigenvalue weighted by molar-refractivity contribution is -0.133. The summed E-state index contributed by atoms with van der Waals surface area (Å²) in [7, 11) is 0. The molecule has 0 spiro atoms. The monoisotopic (exact) mass is 346 g/mol. The van der Waals surface area contributed by atoms with Crippen LogP contribution in [0.3, 0.4) is 0 Å². The second-order valence-corrected chi connectivity index (χ2v) is 7.12. The summed E-state index contributed by atoms with van der Waals surface area (Å²) < 4.78 is 5.65. The molecule has 5 nitrogen and oxygen atoms in total. The van der Waals surface area contributed by atoms with E-state index >= 15 is 0 Å². The Morgan fingerprint density at radius 3 is 2.56 bits per heavy atom. The van der Waals surface area contributed by atoms with E-state index in [1.165, 1.54) is 5.56 Å². The zero-order valence-electron chi connectivity index (χ0n) is 15.0. The average Bonchev–Trinajstić information content (AvgIpc) is 3.08. The molecule has 2 fully saturated rings. The maximum Gasteiger partial charge on any atom is 0.222 e. The Hall–Kier alpha value is -1.43. The van der Waals surface area contributed by atoms with Crippen LogP contribution in [0.1, 0.15) is 37.7 Å². The second kappa shape index (κ2) is 9.32. The average molecular weight is 346 g/mol. The van der Waals surface area contributed by atoms with Crippen LogP contribution in [0, 0.1) is 0 Å². The quantitative estimate of drug-likeness (QED) is 0.768. The molecule has 2 aliphatic rings. The molecular weight excluding hydrogens is 316 g/mol. The lowest BCUT2D eigenvalue weighted by atomic mass is 10.1. The van der Waals surface area contributed by atoms with Gasteiger partial charge in [-0.1, -0.05) is 30.3 Å². The Kier molecular flexibility index (Phi) is 6.84. The minimum atomic E-state index is -0.177. The first kappa shape index (κ1) is 18.4. The molecule has 1 aliphatic carbocycles. The number of ether oxygens (including phenoxy) is 1. The summed E-state index contributed by atoms with van der Waals surface area (Å²) in [5.74, 6) is 0.231. The summed E-state index contributed by atoms with van der Waals surface area (Å²) in [6.45, 7) is 4.57. The molecule has 0 bridgehead atoms. The molecule has 25 heavy (non-hydrogen) atoms. The molecule has 5 heteroatoms. The van der Waals surface area contributed by atoms with Crippen molar-refractivity contribution >= 4 is 5.91 Å². The van der Waals surface area contributed by atoms with Gasteiger partial charge < -0.3 is 14.7 Å². The summed E-state index contributed by atoms with van der Waals surface area (Å²) in [5, 5.41) is 10.0. The van der Waals surface area contributed by atoms with E-state index in [-0.39, 0.29) is 12.0 Å². The number of amides is 1. The third kappa shape index (κ3) is 5.27. The van der Waals surface area contributed by atoms with E-state index in [9.17, 15) is 9.90 Å². The van der Waals surface area contributed by atoms with Crippen LogP contribution >= 0.6 is 0 Å². The zero-order chi connectivity index (χ0) is 17.5. The first-order valence-electron chi connectivity index (χ1n) is 9.55. The van der Waals surface area contributed by atoms with Crippen molar-refractivity contribution in [2.24, 2.45) is 0 Å². The van der Waals surface area contributed by atoms with Crippen LogP contribution in [0.15, 0.2) is 30.3 Å². The van der Waals surface area contributed by atoms with Gasteiger partial charge in [-0.2, -0.15) is 0 Å². The summed E-state index contributed by atoms with van der Waals surface area (Å²) in [4.78, 5) is 16.7. The van der Waals surface area contributed by atoms with Crippen LogP contribution in [0.2, 0.25) is 0 Å². The van der Waals surface area contributed by atoms with Gasteiger partial charge in [-0.3, -0.25) is 9.69 Å². The predicted molar refractivity (Wildman–Crippen MR) is 97.1 cm³/mol. The Balaban J connectivity index is 1.29. The number of carbonyl (C=O) groups is 1. The number of piperazine rings is 1. The van der Waals surface area contributed by atoms with E-state index in [2.05, 4.69) is 4.90 Å². The second-order valence-electron chi connectivity index (χ2n) is 7.12. The Morgan fingerprint density at radius 2 is 1.88 bits per heavy atom. The van der Waals surface area contributed by atoms with Crippen LogP contribution in [0.4, 0.5) is 0 Å². The molecule has 1 saturated heterocycles. The number of carbonyl (C=O) groups excluding carboxylic acids is 1. The van der Waals surface area contributed by atoms with Gasteiger partial charge in [-0.25, -0.2) is 0 Å². The van der Waals surface area contributed by atoms with Crippen LogP contribution in [0.5, 0.6) is 0 Å². The highest BCUT2D eigenvalue weighted by Gasteiger charge is 2.33. The lowest BCUT2D eigenvalue weighted by Gasteiger charge is -2.39. The molecule has 1 aromatic carbocycles. The van der Waals surface area contributed by atoms with Crippen molar-refractivity contribution in [2.75, 3.05) is 32.8 Å². The highest BCUT2D eigenvalue weighted by atomic mass is 16.5. The summed E-state index contributed by atoms with van der Waals surface area (Å²) in [6, 6.07) is 10.4. The molecule has 1 amide bonds. The number of hydrogen-bond acceptors (Lipinski definition) is 4. The molecule has 3 rings (SSSR count). The first-order chi connectivity index (χ1) is 12.2. The molecule has 0 aromatic heterocycles. The zero-order valence-corrected chi connectivity index (χ0v) is 15.0. The van der Waals surface area contributed by atoms with Gasteiger partial charge in [0.15, 0.2) is 0 Å². The van der Waals surface area contributed by atoms with E-state index in [0.29, 0.717) is 25.7 Å². The largest absolute Gasteiger partial charge is 0.391 e. The van der Waals surface area contributed by atoms with Crippen LogP contribution < -0.4 is 0 Å². The van der Waals surface area contributed by atoms with E-state index in [4.69, 9.17) is 4.74 Å². The predicted octanol–water partition coefficient (Wildman–Crippen LogP) is 2.04. The van der Waals surface area contributed by atoms with Crippen LogP contribution in [0.25, 0.3) is 0 Å². The third-order valence-corrected chi connectivity index (χ3v) is 5.37. The number of nitrogens with zero attached hydrogens (tertiary/aromatic N) is 2. The standard InChI is InChI=1S/C20H30N2O3/c23-19-9-4-8-18(19)21-11-13-22(14-12-21)20(24)10-5-15-25-16-17-6-2-1-3-7-17/h1-3,6-7,18-19,23H,4-5,8-16H2/t18-,19+/m1/s1. The SMILES string of the molecule is O=C(CCCOCc1ccccc1)N1CCN([C@@H]2CCC[C@@H]2O)CC1. The number of aliphatic hydroxyl groups excluding tert-OH is 1. The smallest absolute Gasteiger partial charge is 0.222 e.